The van der Waals surface area contributed by atoms with Crippen molar-refractivity contribution < 1.29 is 4.79 Å². The van der Waals surface area contributed by atoms with E-state index in [2.05, 4.69) is 21.8 Å². The normalized spacial score (nSPS) is 8.62. The van der Waals surface area contributed by atoms with E-state index >= 15 is 0 Å². The Labute approximate surface area is 75.2 Å². The molecule has 0 aliphatic rings. The van der Waals surface area contributed by atoms with E-state index < -0.39 is 0 Å². The molecule has 0 fully saturated rings. The average molecular weight is 176 g/mol. The summed E-state index contributed by atoms with van der Waals surface area (Å²) in [5.41, 5.74) is 11.1. The van der Waals surface area contributed by atoms with Gasteiger partial charge in [-0.1, -0.05) is 5.92 Å². The summed E-state index contributed by atoms with van der Waals surface area (Å²) in [6, 6.07) is 0. The Balaban J connectivity index is 2.87. The van der Waals surface area contributed by atoms with E-state index in [0.29, 0.717) is 12.0 Å². The molecule has 4 N–H and O–H groups in total. The topological polar surface area (TPSA) is 94.9 Å². The van der Waals surface area contributed by atoms with Crippen LogP contribution in [0.2, 0.25) is 0 Å². The zero-order chi connectivity index (χ0) is 9.68. The molecule has 1 aromatic rings. The fourth-order valence-corrected chi connectivity index (χ4v) is 0.656. The van der Waals surface area contributed by atoms with Gasteiger partial charge < -0.3 is 16.3 Å². The van der Waals surface area contributed by atoms with Crippen LogP contribution in [0.15, 0.2) is 6.20 Å². The molecule has 0 aliphatic carbocycles. The number of carbonyl (C=O) groups is 1. The van der Waals surface area contributed by atoms with Crippen molar-refractivity contribution in [2.75, 3.05) is 11.5 Å². The van der Waals surface area contributed by atoms with Gasteiger partial charge in [0.1, 0.15) is 12.0 Å². The minimum Gasteiger partial charge on any atom is -0.381 e. The number of nitrogens with zero attached hydrogens (tertiary/aromatic N) is 2. The minimum absolute atomic E-state index is 0.151. The number of hydrogen-bond donors (Lipinski definition) is 2. The highest BCUT2D eigenvalue weighted by Gasteiger charge is 1.96. The van der Waals surface area contributed by atoms with Crippen molar-refractivity contribution in [3.63, 3.8) is 0 Å². The third kappa shape index (κ3) is 2.45. The molecule has 5 heteroatoms. The van der Waals surface area contributed by atoms with E-state index in [9.17, 15) is 4.79 Å². The average Bonchev–Trinajstić information content (AvgIpc) is 2.12. The van der Waals surface area contributed by atoms with Crippen LogP contribution in [0.5, 0.6) is 0 Å². The van der Waals surface area contributed by atoms with Gasteiger partial charge in [0.2, 0.25) is 0 Å². The van der Waals surface area contributed by atoms with E-state index in [4.69, 9.17) is 11.5 Å². The maximum Gasteiger partial charge on any atom is 0.167 e. The quantitative estimate of drug-likeness (QED) is 0.447. The third-order valence-electron chi connectivity index (χ3n) is 1.23. The second-order valence-corrected chi connectivity index (χ2v) is 2.20. The largest absolute Gasteiger partial charge is 0.381 e. The Kier molecular flexibility index (Phi) is 2.82. The van der Waals surface area contributed by atoms with Crippen LogP contribution in [0.25, 0.3) is 0 Å². The van der Waals surface area contributed by atoms with E-state index in [-0.39, 0.29) is 18.1 Å². The van der Waals surface area contributed by atoms with Crippen LogP contribution in [-0.4, -0.2) is 16.3 Å². The number of rotatable bonds is 1. The van der Waals surface area contributed by atoms with Crippen molar-refractivity contribution in [2.45, 2.75) is 6.42 Å². The van der Waals surface area contributed by atoms with Crippen molar-refractivity contribution in [3.8, 4) is 11.8 Å². The monoisotopic (exact) mass is 176 g/mol. The third-order valence-corrected chi connectivity index (χ3v) is 1.23. The molecular formula is C8H8N4O. The van der Waals surface area contributed by atoms with E-state index in [1.54, 1.807) is 0 Å². The van der Waals surface area contributed by atoms with Crippen molar-refractivity contribution >= 4 is 17.9 Å². The van der Waals surface area contributed by atoms with Gasteiger partial charge >= 0.3 is 0 Å². The maximum absolute atomic E-state index is 9.93. The Morgan fingerprint density at radius 3 is 2.85 bits per heavy atom. The molecule has 1 aromatic heterocycles. The number of aromatic nitrogens is 2. The van der Waals surface area contributed by atoms with Crippen LogP contribution in [-0.2, 0) is 4.79 Å². The van der Waals surface area contributed by atoms with Gasteiger partial charge in [0.25, 0.3) is 0 Å². The van der Waals surface area contributed by atoms with E-state index in [0.717, 1.165) is 0 Å². The number of anilines is 2. The molecule has 0 unspecified atom stereocenters. The van der Waals surface area contributed by atoms with Crippen LogP contribution in [0.4, 0.5) is 11.6 Å². The Hall–Kier alpha value is -2.09. The number of nitrogen functional groups attached to an aromatic ring is 2. The predicted octanol–water partition coefficient (Wildman–Crippen LogP) is -0.419. The highest BCUT2D eigenvalue weighted by atomic mass is 16.1. The molecule has 5 nitrogen and oxygen atoms in total. The second kappa shape index (κ2) is 4.07. The molecule has 0 radical (unpaired) electrons. The first kappa shape index (κ1) is 9.00. The summed E-state index contributed by atoms with van der Waals surface area (Å²) in [4.78, 5) is 17.5. The summed E-state index contributed by atoms with van der Waals surface area (Å²) >= 11 is 0. The summed E-state index contributed by atoms with van der Waals surface area (Å²) in [5, 5.41) is 0. The molecule has 0 aromatic carbocycles. The van der Waals surface area contributed by atoms with Crippen LogP contribution < -0.4 is 11.5 Å². The van der Waals surface area contributed by atoms with Gasteiger partial charge in [-0.2, -0.15) is 0 Å². The zero-order valence-electron chi connectivity index (χ0n) is 6.82. The molecule has 0 bridgehead atoms. The molecule has 1 rings (SSSR count). The summed E-state index contributed by atoms with van der Waals surface area (Å²) in [6.45, 7) is 0. The summed E-state index contributed by atoms with van der Waals surface area (Å²) < 4.78 is 0. The first-order chi connectivity index (χ1) is 6.24. The molecule has 0 atom stereocenters. The molecule has 0 amide bonds. The SMILES string of the molecule is Nc1ncc(C#CCC=O)nc1N. The lowest BCUT2D eigenvalue weighted by atomic mass is 10.4. The standard InChI is InChI=1S/C8H8N4O/c9-7-8(10)12-6(5-11-7)3-1-2-4-13/h4-5H,2H2,(H2,9,11)(H2,10,12). The zero-order valence-corrected chi connectivity index (χ0v) is 6.82. The van der Waals surface area contributed by atoms with Crippen molar-refractivity contribution in [1.29, 1.82) is 0 Å². The first-order valence-electron chi connectivity index (χ1n) is 3.54. The lowest BCUT2D eigenvalue weighted by molar-refractivity contribution is -0.107. The van der Waals surface area contributed by atoms with Crippen molar-refractivity contribution in [1.82, 2.24) is 9.97 Å². The molecule has 1 heterocycles. The van der Waals surface area contributed by atoms with E-state index in [1.807, 2.05) is 0 Å². The first-order valence-corrected chi connectivity index (χ1v) is 3.54. The molecule has 0 aliphatic heterocycles. The molecule has 13 heavy (non-hydrogen) atoms. The Morgan fingerprint density at radius 1 is 1.46 bits per heavy atom. The van der Waals surface area contributed by atoms with Crippen molar-refractivity contribution in [3.05, 3.63) is 11.9 Å². The summed E-state index contributed by atoms with van der Waals surface area (Å²) in [7, 11) is 0. The lowest BCUT2D eigenvalue weighted by Gasteiger charge is -1.96. The summed E-state index contributed by atoms with van der Waals surface area (Å²) in [5.74, 6) is 5.54. The Morgan fingerprint density at radius 2 is 2.23 bits per heavy atom. The fourth-order valence-electron chi connectivity index (χ4n) is 0.656. The van der Waals surface area contributed by atoms with Crippen LogP contribution in [0.3, 0.4) is 0 Å². The highest BCUT2D eigenvalue weighted by molar-refractivity contribution is 5.56. The number of aldehydes is 1. The van der Waals surface area contributed by atoms with Crippen LogP contribution >= 0.6 is 0 Å². The van der Waals surface area contributed by atoms with Gasteiger partial charge in [0.05, 0.1) is 12.6 Å². The van der Waals surface area contributed by atoms with Crippen LogP contribution in [0.1, 0.15) is 12.1 Å². The fraction of sp³-hybridized carbons (Fsp3) is 0.125. The van der Waals surface area contributed by atoms with Gasteiger partial charge in [-0.25, -0.2) is 9.97 Å². The molecule has 0 spiro atoms. The van der Waals surface area contributed by atoms with Gasteiger partial charge in [-0.05, 0) is 5.92 Å². The second-order valence-electron chi connectivity index (χ2n) is 2.20. The molecule has 0 saturated carbocycles. The van der Waals surface area contributed by atoms with Crippen LogP contribution in [0, 0.1) is 11.8 Å². The number of carbonyl (C=O) groups excluding carboxylic acids is 1. The predicted molar refractivity (Wildman–Crippen MR) is 48.4 cm³/mol. The Bertz CT molecular complexity index is 377. The molecule has 0 saturated heterocycles. The maximum atomic E-state index is 9.93. The summed E-state index contributed by atoms with van der Waals surface area (Å²) in [6.07, 6.45) is 2.29. The van der Waals surface area contributed by atoms with Gasteiger partial charge in [-0.3, -0.25) is 0 Å². The molecular weight excluding hydrogens is 168 g/mol. The number of nitrogens with two attached hydrogens (primary N) is 2. The number of hydrogen-bond acceptors (Lipinski definition) is 5. The van der Waals surface area contributed by atoms with Gasteiger partial charge in [0.15, 0.2) is 11.6 Å². The minimum atomic E-state index is 0.151. The van der Waals surface area contributed by atoms with Crippen molar-refractivity contribution in [2.24, 2.45) is 0 Å². The van der Waals surface area contributed by atoms with Gasteiger partial charge in [0, 0.05) is 0 Å². The highest BCUT2D eigenvalue weighted by Crippen LogP contribution is 2.05. The molecule has 66 valence electrons. The lowest BCUT2D eigenvalue weighted by Crippen LogP contribution is -2.01. The van der Waals surface area contributed by atoms with Gasteiger partial charge in [-0.15, -0.1) is 0 Å². The van der Waals surface area contributed by atoms with E-state index in [1.165, 1.54) is 6.20 Å². The smallest absolute Gasteiger partial charge is 0.167 e.